The highest BCUT2D eigenvalue weighted by Crippen LogP contribution is 2.29. The number of nitrogens with zero attached hydrogens (tertiary/aromatic N) is 2. The first-order chi connectivity index (χ1) is 8.76. The van der Waals surface area contributed by atoms with E-state index in [1.165, 1.54) is 37.8 Å². The van der Waals surface area contributed by atoms with Gasteiger partial charge < -0.3 is 4.57 Å². The van der Waals surface area contributed by atoms with Crippen molar-refractivity contribution in [3.63, 3.8) is 0 Å². The van der Waals surface area contributed by atoms with Gasteiger partial charge in [0.1, 0.15) is 11.8 Å². The molecule has 0 amide bonds. The van der Waals surface area contributed by atoms with E-state index in [0.29, 0.717) is 6.04 Å². The third kappa shape index (κ3) is 2.77. The van der Waals surface area contributed by atoms with Crippen LogP contribution in [-0.2, 0) is 6.42 Å². The van der Waals surface area contributed by atoms with Crippen LogP contribution in [0.15, 0.2) is 12.1 Å². The second-order valence-electron chi connectivity index (χ2n) is 5.66. The number of nitriles is 1. The summed E-state index contributed by atoms with van der Waals surface area (Å²) in [7, 11) is 0. The Morgan fingerprint density at radius 2 is 2.06 bits per heavy atom. The van der Waals surface area contributed by atoms with E-state index in [1.54, 1.807) is 0 Å². The Hall–Kier alpha value is -1.23. The topological polar surface area (TPSA) is 28.7 Å². The third-order valence-corrected chi connectivity index (χ3v) is 4.37. The fourth-order valence-corrected chi connectivity index (χ4v) is 3.14. The summed E-state index contributed by atoms with van der Waals surface area (Å²) in [5, 5.41) is 9.21. The summed E-state index contributed by atoms with van der Waals surface area (Å²) in [4.78, 5) is 0. The molecule has 2 nitrogen and oxygen atoms in total. The van der Waals surface area contributed by atoms with Crippen LogP contribution in [0.3, 0.4) is 0 Å². The first kappa shape index (κ1) is 13.2. The quantitative estimate of drug-likeness (QED) is 0.769. The average molecular weight is 244 g/mol. The van der Waals surface area contributed by atoms with Crippen LogP contribution in [-0.4, -0.2) is 4.57 Å². The van der Waals surface area contributed by atoms with E-state index in [9.17, 15) is 5.26 Å². The van der Waals surface area contributed by atoms with Gasteiger partial charge in [-0.25, -0.2) is 0 Å². The number of rotatable bonds is 4. The van der Waals surface area contributed by atoms with Crippen molar-refractivity contribution in [2.24, 2.45) is 5.92 Å². The van der Waals surface area contributed by atoms with E-state index in [2.05, 4.69) is 30.6 Å². The van der Waals surface area contributed by atoms with E-state index in [4.69, 9.17) is 0 Å². The zero-order valence-corrected chi connectivity index (χ0v) is 11.7. The molecule has 1 aromatic rings. The smallest absolute Gasteiger partial charge is 0.120 e. The molecular weight excluding hydrogens is 220 g/mol. The van der Waals surface area contributed by atoms with Crippen molar-refractivity contribution in [1.82, 2.24) is 4.57 Å². The maximum absolute atomic E-state index is 9.21. The monoisotopic (exact) mass is 244 g/mol. The fraction of sp³-hybridized carbons (Fsp3) is 0.688. The van der Waals surface area contributed by atoms with Gasteiger partial charge in [-0.05, 0) is 37.8 Å². The van der Waals surface area contributed by atoms with E-state index in [1.807, 2.05) is 6.07 Å². The zero-order valence-electron chi connectivity index (χ0n) is 11.7. The third-order valence-electron chi connectivity index (χ3n) is 4.37. The molecule has 1 heterocycles. The molecule has 0 aliphatic heterocycles. The van der Waals surface area contributed by atoms with Crippen molar-refractivity contribution in [1.29, 1.82) is 5.26 Å². The molecule has 0 saturated heterocycles. The number of hydrogen-bond acceptors (Lipinski definition) is 1. The molecule has 0 spiro atoms. The van der Waals surface area contributed by atoms with Crippen molar-refractivity contribution in [3.05, 3.63) is 23.5 Å². The van der Waals surface area contributed by atoms with Gasteiger partial charge in [0.15, 0.2) is 0 Å². The Morgan fingerprint density at radius 1 is 1.33 bits per heavy atom. The molecule has 0 aromatic carbocycles. The summed E-state index contributed by atoms with van der Waals surface area (Å²) >= 11 is 0. The summed E-state index contributed by atoms with van der Waals surface area (Å²) in [5.41, 5.74) is 2.20. The molecule has 18 heavy (non-hydrogen) atoms. The first-order valence-corrected chi connectivity index (χ1v) is 7.36. The second kappa shape index (κ2) is 6.09. The summed E-state index contributed by atoms with van der Waals surface area (Å²) in [5.74, 6) is 0.836. The lowest BCUT2D eigenvalue weighted by atomic mass is 9.86. The van der Waals surface area contributed by atoms with Crippen molar-refractivity contribution >= 4 is 0 Å². The lowest BCUT2D eigenvalue weighted by Crippen LogP contribution is -2.15. The predicted molar refractivity (Wildman–Crippen MR) is 74.4 cm³/mol. The highest BCUT2D eigenvalue weighted by atomic mass is 15.0. The van der Waals surface area contributed by atoms with Gasteiger partial charge in [-0.2, -0.15) is 5.26 Å². The molecule has 98 valence electrons. The Labute approximate surface area is 111 Å². The van der Waals surface area contributed by atoms with Crippen LogP contribution in [0.25, 0.3) is 0 Å². The van der Waals surface area contributed by atoms with Crippen LogP contribution in [0.4, 0.5) is 0 Å². The maximum Gasteiger partial charge on any atom is 0.120 e. The minimum Gasteiger partial charge on any atom is -0.334 e. The van der Waals surface area contributed by atoms with Gasteiger partial charge in [0, 0.05) is 11.7 Å². The largest absolute Gasteiger partial charge is 0.334 e. The van der Waals surface area contributed by atoms with Crippen LogP contribution in [0, 0.1) is 17.2 Å². The lowest BCUT2D eigenvalue weighted by molar-refractivity contribution is 0.346. The average Bonchev–Trinajstić information content (AvgIpc) is 2.82. The Bertz CT molecular complexity index is 419. The molecule has 0 N–H and O–H groups in total. The summed E-state index contributed by atoms with van der Waals surface area (Å²) in [6.07, 6.45) is 9.17. The van der Waals surface area contributed by atoms with Gasteiger partial charge in [-0.1, -0.05) is 39.0 Å². The summed E-state index contributed by atoms with van der Waals surface area (Å²) in [6.45, 7) is 4.40. The van der Waals surface area contributed by atoms with E-state index in [0.717, 1.165) is 24.5 Å². The minimum atomic E-state index is 0.438. The number of hydrogen-bond donors (Lipinski definition) is 0. The van der Waals surface area contributed by atoms with Gasteiger partial charge in [0.2, 0.25) is 0 Å². The van der Waals surface area contributed by atoms with Crippen LogP contribution < -0.4 is 0 Å². The summed E-state index contributed by atoms with van der Waals surface area (Å²) in [6, 6.07) is 6.93. The second-order valence-corrected chi connectivity index (χ2v) is 5.66. The van der Waals surface area contributed by atoms with Gasteiger partial charge in [-0.15, -0.1) is 0 Å². The van der Waals surface area contributed by atoms with Gasteiger partial charge in [-0.3, -0.25) is 0 Å². The molecule has 0 radical (unpaired) electrons. The molecular formula is C16H24N2. The van der Waals surface area contributed by atoms with E-state index in [-0.39, 0.29) is 0 Å². The van der Waals surface area contributed by atoms with Gasteiger partial charge in [0.05, 0.1) is 0 Å². The Kier molecular flexibility index (Phi) is 4.47. The van der Waals surface area contributed by atoms with Crippen LogP contribution >= 0.6 is 0 Å². The highest BCUT2D eigenvalue weighted by molar-refractivity contribution is 5.28. The molecule has 0 unspecified atom stereocenters. The van der Waals surface area contributed by atoms with Crippen molar-refractivity contribution in [2.75, 3.05) is 0 Å². The molecule has 1 aliphatic carbocycles. The highest BCUT2D eigenvalue weighted by Gasteiger charge is 2.18. The Balaban J connectivity index is 2.16. The van der Waals surface area contributed by atoms with Crippen molar-refractivity contribution in [3.8, 4) is 6.07 Å². The molecule has 1 aromatic heterocycles. The van der Waals surface area contributed by atoms with Crippen LogP contribution in [0.5, 0.6) is 0 Å². The molecule has 1 aliphatic rings. The fourth-order valence-electron chi connectivity index (χ4n) is 3.14. The van der Waals surface area contributed by atoms with Gasteiger partial charge >= 0.3 is 0 Å². The van der Waals surface area contributed by atoms with E-state index >= 15 is 0 Å². The molecule has 1 fully saturated rings. The minimum absolute atomic E-state index is 0.438. The molecule has 0 bridgehead atoms. The maximum atomic E-state index is 9.21. The zero-order chi connectivity index (χ0) is 13.0. The van der Waals surface area contributed by atoms with Crippen LogP contribution in [0.1, 0.15) is 69.8 Å². The number of aromatic nitrogens is 1. The normalized spacial score (nSPS) is 18.5. The standard InChI is InChI=1S/C16H24N2/c1-3-13(2)18-15(9-10-16(18)12-17)11-14-7-5-4-6-8-14/h9-10,13-14H,3-8,11H2,1-2H3/t13-/m0/s1. The van der Waals surface area contributed by atoms with Crippen molar-refractivity contribution in [2.45, 2.75) is 64.8 Å². The first-order valence-electron chi connectivity index (χ1n) is 7.36. The molecule has 1 atom stereocenters. The SMILES string of the molecule is CC[C@H](C)n1c(C#N)ccc1CC1CCCCC1. The molecule has 1 saturated carbocycles. The van der Waals surface area contributed by atoms with E-state index < -0.39 is 0 Å². The van der Waals surface area contributed by atoms with Gasteiger partial charge in [0.25, 0.3) is 0 Å². The molecule has 2 heteroatoms. The van der Waals surface area contributed by atoms with Crippen LogP contribution in [0.2, 0.25) is 0 Å². The summed E-state index contributed by atoms with van der Waals surface area (Å²) < 4.78 is 2.26. The predicted octanol–water partition coefficient (Wildman–Crippen LogP) is 4.45. The van der Waals surface area contributed by atoms with Crippen molar-refractivity contribution < 1.29 is 0 Å². The molecule has 2 rings (SSSR count). The Morgan fingerprint density at radius 3 is 2.67 bits per heavy atom. The lowest BCUT2D eigenvalue weighted by Gasteiger charge is -2.24.